The summed E-state index contributed by atoms with van der Waals surface area (Å²) in [6, 6.07) is 18.3. The third kappa shape index (κ3) is 4.53. The zero-order valence-corrected chi connectivity index (χ0v) is 22.4. The zero-order chi connectivity index (χ0) is 27.9. The molecule has 0 aliphatic carbocycles. The van der Waals surface area contributed by atoms with Crippen molar-refractivity contribution in [3.05, 3.63) is 95.9 Å². The highest BCUT2D eigenvalue weighted by atomic mass is 32.1. The summed E-state index contributed by atoms with van der Waals surface area (Å²) in [6.45, 7) is 1.55. The van der Waals surface area contributed by atoms with Crippen LogP contribution in [-0.2, 0) is 0 Å². The van der Waals surface area contributed by atoms with Crippen LogP contribution >= 0.6 is 11.3 Å². The number of carbonyl (C=O) groups excluding carboxylic acids is 2. The van der Waals surface area contributed by atoms with E-state index in [0.29, 0.717) is 38.9 Å². The zero-order valence-electron chi connectivity index (χ0n) is 21.5. The Labute approximate surface area is 236 Å². The summed E-state index contributed by atoms with van der Waals surface area (Å²) >= 11 is 1.41. The fourth-order valence-corrected chi connectivity index (χ4v) is 5.48. The van der Waals surface area contributed by atoms with Crippen LogP contribution in [-0.4, -0.2) is 46.8 Å². The topological polar surface area (TPSA) is 142 Å². The Morgan fingerprint density at radius 1 is 0.854 bits per heavy atom. The maximum atomic E-state index is 12.6. The van der Waals surface area contributed by atoms with Gasteiger partial charge in [-0.1, -0.05) is 18.2 Å². The van der Waals surface area contributed by atoms with Gasteiger partial charge in [-0.15, -0.1) is 11.3 Å². The van der Waals surface area contributed by atoms with E-state index in [9.17, 15) is 9.59 Å². The van der Waals surface area contributed by atoms with Gasteiger partial charge >= 0.3 is 0 Å². The quantitative estimate of drug-likeness (QED) is 0.209. The highest BCUT2D eigenvalue weighted by molar-refractivity contribution is 7.17. The summed E-state index contributed by atoms with van der Waals surface area (Å²) in [4.78, 5) is 47.8. The van der Waals surface area contributed by atoms with Crippen LogP contribution < -0.4 is 5.32 Å². The third-order valence-corrected chi connectivity index (χ3v) is 7.79. The molecule has 7 rings (SSSR count). The van der Waals surface area contributed by atoms with Gasteiger partial charge in [-0.2, -0.15) is 5.10 Å². The number of pyridine rings is 3. The molecule has 0 radical (unpaired) electrons. The van der Waals surface area contributed by atoms with Crippen molar-refractivity contribution in [1.29, 1.82) is 0 Å². The first kappa shape index (κ1) is 24.5. The molecule has 0 unspecified atom stereocenters. The fourth-order valence-electron chi connectivity index (χ4n) is 4.56. The number of imidazole rings is 1. The molecule has 6 heterocycles. The van der Waals surface area contributed by atoms with Gasteiger partial charge in [0, 0.05) is 34.0 Å². The second kappa shape index (κ2) is 9.88. The van der Waals surface area contributed by atoms with Gasteiger partial charge in [0.1, 0.15) is 11.0 Å². The van der Waals surface area contributed by atoms with E-state index in [1.807, 2.05) is 48.5 Å². The SMILES string of the molecule is CC(=O)c1ccc(-c2cncc3[nH]c(-c4n[nH]c5ccc(-c6cncc(NC(=O)c7ccccc7)c6)nc45)nc23)s1. The number of benzene rings is 1. The molecule has 7 aromatic rings. The molecule has 0 aliphatic heterocycles. The van der Waals surface area contributed by atoms with Crippen LogP contribution in [0.2, 0.25) is 0 Å². The first-order valence-electron chi connectivity index (χ1n) is 12.7. The Morgan fingerprint density at radius 2 is 1.71 bits per heavy atom. The van der Waals surface area contributed by atoms with Gasteiger partial charge in [0.15, 0.2) is 17.3 Å². The van der Waals surface area contributed by atoms with Crippen LogP contribution in [0.25, 0.3) is 55.3 Å². The van der Waals surface area contributed by atoms with Crippen molar-refractivity contribution in [3.8, 4) is 33.2 Å². The predicted molar refractivity (Wildman–Crippen MR) is 158 cm³/mol. The lowest BCUT2D eigenvalue weighted by atomic mass is 10.1. The minimum Gasteiger partial charge on any atom is -0.335 e. The minimum absolute atomic E-state index is 0.0216. The lowest BCUT2D eigenvalue weighted by molar-refractivity contribution is 0.101. The Kier molecular flexibility index (Phi) is 5.90. The molecule has 3 N–H and O–H groups in total. The van der Waals surface area contributed by atoms with Gasteiger partial charge in [0.05, 0.1) is 39.7 Å². The van der Waals surface area contributed by atoms with Crippen molar-refractivity contribution >= 4 is 50.8 Å². The Morgan fingerprint density at radius 3 is 2.54 bits per heavy atom. The number of fused-ring (bicyclic) bond motifs is 2. The lowest BCUT2D eigenvalue weighted by Crippen LogP contribution is -2.11. The molecule has 0 bridgehead atoms. The molecular weight excluding hydrogens is 536 g/mol. The highest BCUT2D eigenvalue weighted by Gasteiger charge is 2.18. The van der Waals surface area contributed by atoms with Gasteiger partial charge < -0.3 is 10.3 Å². The number of nitrogens with one attached hydrogen (secondary N) is 3. The molecule has 0 atom stereocenters. The Bertz CT molecular complexity index is 2090. The van der Waals surface area contributed by atoms with E-state index < -0.39 is 0 Å². The van der Waals surface area contributed by atoms with Gasteiger partial charge in [0.25, 0.3) is 5.91 Å². The summed E-state index contributed by atoms with van der Waals surface area (Å²) < 4.78 is 0. The largest absolute Gasteiger partial charge is 0.335 e. The van der Waals surface area contributed by atoms with Crippen molar-refractivity contribution in [2.24, 2.45) is 0 Å². The van der Waals surface area contributed by atoms with E-state index in [1.54, 1.807) is 43.8 Å². The number of hydrogen-bond acceptors (Lipinski definition) is 8. The number of hydrogen-bond donors (Lipinski definition) is 3. The third-order valence-electron chi connectivity index (χ3n) is 6.57. The van der Waals surface area contributed by atoms with Crippen molar-refractivity contribution < 1.29 is 9.59 Å². The van der Waals surface area contributed by atoms with Crippen LogP contribution in [0.4, 0.5) is 5.69 Å². The van der Waals surface area contributed by atoms with Gasteiger partial charge in [-0.05, 0) is 49.4 Å². The van der Waals surface area contributed by atoms with Crippen molar-refractivity contribution in [3.63, 3.8) is 0 Å². The smallest absolute Gasteiger partial charge is 0.255 e. The molecule has 41 heavy (non-hydrogen) atoms. The summed E-state index contributed by atoms with van der Waals surface area (Å²) in [7, 11) is 0. The number of amides is 1. The van der Waals surface area contributed by atoms with Crippen LogP contribution in [0.3, 0.4) is 0 Å². The number of nitrogens with zero attached hydrogens (tertiary/aromatic N) is 5. The van der Waals surface area contributed by atoms with E-state index in [0.717, 1.165) is 32.6 Å². The maximum Gasteiger partial charge on any atom is 0.255 e. The van der Waals surface area contributed by atoms with E-state index in [2.05, 4.69) is 30.5 Å². The molecule has 0 saturated carbocycles. The molecule has 6 aromatic heterocycles. The van der Waals surface area contributed by atoms with Gasteiger partial charge in [0.2, 0.25) is 0 Å². The number of thiophene rings is 1. The minimum atomic E-state index is -0.219. The number of Topliss-reactive ketones (excluding diaryl/α,β-unsaturated/α-hetero) is 1. The Hall–Kier alpha value is -5.55. The first-order chi connectivity index (χ1) is 20.0. The molecule has 0 spiro atoms. The number of ketones is 1. The van der Waals surface area contributed by atoms with Crippen molar-refractivity contribution in [2.75, 3.05) is 5.32 Å². The molecule has 1 amide bonds. The number of anilines is 1. The van der Waals surface area contributed by atoms with E-state index in [4.69, 9.17) is 9.97 Å². The van der Waals surface area contributed by atoms with Gasteiger partial charge in [-0.3, -0.25) is 24.7 Å². The normalized spacial score (nSPS) is 11.2. The molecule has 1 aromatic carbocycles. The highest BCUT2D eigenvalue weighted by Crippen LogP contribution is 2.34. The van der Waals surface area contributed by atoms with Crippen LogP contribution in [0.15, 0.2) is 85.5 Å². The molecule has 10 nitrogen and oxygen atoms in total. The number of carbonyl (C=O) groups is 2. The summed E-state index contributed by atoms with van der Waals surface area (Å²) in [5.41, 5.74) is 6.75. The van der Waals surface area contributed by atoms with E-state index in [1.165, 1.54) is 11.3 Å². The number of H-pyrrole nitrogens is 2. The van der Waals surface area contributed by atoms with Crippen LogP contribution in [0.5, 0.6) is 0 Å². The Balaban J connectivity index is 1.24. The summed E-state index contributed by atoms with van der Waals surface area (Å²) in [5, 5.41) is 10.4. The summed E-state index contributed by atoms with van der Waals surface area (Å²) in [6.07, 6.45) is 6.75. The summed E-state index contributed by atoms with van der Waals surface area (Å²) in [5.74, 6) is 0.340. The molecule has 0 fully saturated rings. The molecule has 11 heteroatoms. The van der Waals surface area contributed by atoms with Crippen LogP contribution in [0, 0.1) is 0 Å². The van der Waals surface area contributed by atoms with Gasteiger partial charge in [-0.25, -0.2) is 9.97 Å². The molecular formula is C30H20N8O2S. The van der Waals surface area contributed by atoms with E-state index in [-0.39, 0.29) is 11.7 Å². The first-order valence-corrected chi connectivity index (χ1v) is 13.5. The van der Waals surface area contributed by atoms with Crippen molar-refractivity contribution in [2.45, 2.75) is 6.92 Å². The standard InChI is InChI=1S/C30H20N8O2S/c1-16(39)24-9-10-25(41-24)20-14-32-15-23-26(20)36-29(35-23)28-27-22(37-38-28)8-7-21(34-27)18-11-19(13-31-12-18)33-30(40)17-5-3-2-4-6-17/h2-15H,1H3,(H,33,40)(H,35,36)(H,37,38). The monoisotopic (exact) mass is 556 g/mol. The van der Waals surface area contributed by atoms with E-state index >= 15 is 0 Å². The predicted octanol–water partition coefficient (Wildman–Crippen LogP) is 6.14. The van der Waals surface area contributed by atoms with Crippen LogP contribution in [0.1, 0.15) is 27.0 Å². The van der Waals surface area contributed by atoms with Crippen molar-refractivity contribution in [1.82, 2.24) is 35.1 Å². The molecule has 0 aliphatic rings. The molecule has 0 saturated heterocycles. The second-order valence-corrected chi connectivity index (χ2v) is 10.4. The average molecular weight is 557 g/mol. The number of aromatic nitrogens is 7. The second-order valence-electron chi connectivity index (χ2n) is 9.34. The average Bonchev–Trinajstić information content (AvgIpc) is 3.75. The maximum absolute atomic E-state index is 12.6. The number of aromatic amines is 2. The lowest BCUT2D eigenvalue weighted by Gasteiger charge is -2.07. The molecule has 198 valence electrons. The number of rotatable bonds is 6. The fraction of sp³-hybridized carbons (Fsp3) is 0.0333.